The summed E-state index contributed by atoms with van der Waals surface area (Å²) in [5, 5.41) is 3.43. The molecule has 0 aromatic carbocycles. The van der Waals surface area contributed by atoms with E-state index < -0.39 is 0 Å². The molecule has 1 N–H and O–H groups in total. The van der Waals surface area contributed by atoms with E-state index in [1.165, 1.54) is 6.20 Å². The number of halogens is 1. The van der Waals surface area contributed by atoms with Crippen molar-refractivity contribution >= 4 is 17.5 Å². The lowest BCUT2D eigenvalue weighted by atomic mass is 9.94. The van der Waals surface area contributed by atoms with Crippen LogP contribution in [0.25, 0.3) is 0 Å². The lowest BCUT2D eigenvalue weighted by molar-refractivity contribution is -0.0186. The molecule has 1 saturated heterocycles. The second-order valence-electron chi connectivity index (χ2n) is 5.62. The first-order valence-electron chi connectivity index (χ1n) is 7.10. The number of carbonyl (C=O) groups is 1. The van der Waals surface area contributed by atoms with Gasteiger partial charge >= 0.3 is 0 Å². The number of nitrogens with one attached hydrogen (secondary N) is 1. The van der Waals surface area contributed by atoms with Gasteiger partial charge in [-0.25, -0.2) is 0 Å². The summed E-state index contributed by atoms with van der Waals surface area (Å²) in [6.45, 7) is 5.10. The Balaban J connectivity index is 2.03. The van der Waals surface area contributed by atoms with Gasteiger partial charge < -0.3 is 10.1 Å². The van der Waals surface area contributed by atoms with Gasteiger partial charge in [-0.05, 0) is 31.2 Å². The van der Waals surface area contributed by atoms with E-state index in [-0.39, 0.29) is 18.1 Å². The van der Waals surface area contributed by atoms with Gasteiger partial charge in [-0.15, -0.1) is 0 Å². The summed E-state index contributed by atoms with van der Waals surface area (Å²) in [5.41, 5.74) is 0.468. The quantitative estimate of drug-likeness (QED) is 0.929. The lowest BCUT2D eigenvalue weighted by Crippen LogP contribution is -2.47. The summed E-state index contributed by atoms with van der Waals surface area (Å²) >= 11 is 6.00. The predicted molar refractivity (Wildman–Crippen MR) is 78.9 cm³/mol. The fourth-order valence-electron chi connectivity index (χ4n) is 2.51. The zero-order valence-electron chi connectivity index (χ0n) is 11.9. The van der Waals surface area contributed by atoms with Crippen LogP contribution in [0.2, 0.25) is 5.02 Å². The van der Waals surface area contributed by atoms with Crippen LogP contribution in [0.1, 0.15) is 43.5 Å². The number of hydrogen-bond donors (Lipinski definition) is 1. The van der Waals surface area contributed by atoms with E-state index in [0.29, 0.717) is 16.5 Å². The molecule has 5 heteroatoms. The lowest BCUT2D eigenvalue weighted by Gasteiger charge is -2.33. The Kier molecular flexibility index (Phi) is 5.38. The van der Waals surface area contributed by atoms with E-state index in [9.17, 15) is 4.79 Å². The SMILES string of the molecule is CC(C)C[C@H]1OCCC[C@H]1NC(=O)c1ccncc1Cl. The van der Waals surface area contributed by atoms with Gasteiger partial charge in [0.25, 0.3) is 5.91 Å². The Labute approximate surface area is 124 Å². The summed E-state index contributed by atoms with van der Waals surface area (Å²) in [6, 6.07) is 1.70. The van der Waals surface area contributed by atoms with Crippen LogP contribution >= 0.6 is 11.6 Å². The van der Waals surface area contributed by atoms with Gasteiger partial charge in [0.05, 0.1) is 22.7 Å². The third kappa shape index (κ3) is 3.93. The van der Waals surface area contributed by atoms with E-state index >= 15 is 0 Å². The van der Waals surface area contributed by atoms with Crippen molar-refractivity contribution in [2.75, 3.05) is 6.61 Å². The topological polar surface area (TPSA) is 51.2 Å². The molecule has 2 heterocycles. The van der Waals surface area contributed by atoms with Crippen molar-refractivity contribution in [2.24, 2.45) is 5.92 Å². The van der Waals surface area contributed by atoms with Gasteiger partial charge in [-0.2, -0.15) is 0 Å². The van der Waals surface area contributed by atoms with E-state index in [2.05, 4.69) is 24.1 Å². The number of aromatic nitrogens is 1. The van der Waals surface area contributed by atoms with Gasteiger partial charge in [0, 0.05) is 19.0 Å². The Morgan fingerprint density at radius 3 is 3.10 bits per heavy atom. The van der Waals surface area contributed by atoms with Gasteiger partial charge in [0.2, 0.25) is 0 Å². The summed E-state index contributed by atoms with van der Waals surface area (Å²) in [6.07, 6.45) is 6.03. The molecule has 0 aliphatic carbocycles. The minimum atomic E-state index is -0.151. The Morgan fingerprint density at radius 1 is 1.60 bits per heavy atom. The number of pyridine rings is 1. The largest absolute Gasteiger partial charge is 0.376 e. The molecule has 0 unspecified atom stereocenters. The highest BCUT2D eigenvalue weighted by atomic mass is 35.5. The molecule has 0 saturated carbocycles. The highest BCUT2D eigenvalue weighted by Gasteiger charge is 2.28. The summed E-state index contributed by atoms with van der Waals surface area (Å²) in [4.78, 5) is 16.2. The van der Waals surface area contributed by atoms with Crippen molar-refractivity contribution in [1.82, 2.24) is 10.3 Å². The van der Waals surface area contributed by atoms with Crippen LogP contribution in [-0.2, 0) is 4.74 Å². The van der Waals surface area contributed by atoms with Crippen molar-refractivity contribution in [3.05, 3.63) is 29.0 Å². The maximum absolute atomic E-state index is 12.3. The van der Waals surface area contributed by atoms with Crippen LogP contribution in [0, 0.1) is 5.92 Å². The zero-order valence-corrected chi connectivity index (χ0v) is 12.7. The van der Waals surface area contributed by atoms with Crippen LogP contribution in [0.3, 0.4) is 0 Å². The summed E-state index contributed by atoms with van der Waals surface area (Å²) in [5.74, 6) is 0.392. The Bertz CT molecular complexity index is 465. The monoisotopic (exact) mass is 296 g/mol. The van der Waals surface area contributed by atoms with Crippen molar-refractivity contribution in [1.29, 1.82) is 0 Å². The van der Waals surface area contributed by atoms with Crippen molar-refractivity contribution in [2.45, 2.75) is 45.3 Å². The first kappa shape index (κ1) is 15.3. The Morgan fingerprint density at radius 2 is 2.40 bits per heavy atom. The fraction of sp³-hybridized carbons (Fsp3) is 0.600. The van der Waals surface area contributed by atoms with Crippen molar-refractivity contribution in [3.63, 3.8) is 0 Å². The molecule has 110 valence electrons. The van der Waals surface area contributed by atoms with Crippen LogP contribution in [0.15, 0.2) is 18.5 Å². The smallest absolute Gasteiger partial charge is 0.253 e. The van der Waals surface area contributed by atoms with Crippen LogP contribution in [0.5, 0.6) is 0 Å². The molecular formula is C15H21ClN2O2. The zero-order chi connectivity index (χ0) is 14.5. The molecule has 0 bridgehead atoms. The van der Waals surface area contributed by atoms with Gasteiger partial charge in [-0.3, -0.25) is 9.78 Å². The molecule has 4 nitrogen and oxygen atoms in total. The first-order valence-corrected chi connectivity index (χ1v) is 7.47. The second-order valence-corrected chi connectivity index (χ2v) is 6.02. The van der Waals surface area contributed by atoms with E-state index in [4.69, 9.17) is 16.3 Å². The average molecular weight is 297 g/mol. The number of nitrogens with zero attached hydrogens (tertiary/aromatic N) is 1. The fourth-order valence-corrected chi connectivity index (χ4v) is 2.71. The van der Waals surface area contributed by atoms with Crippen LogP contribution < -0.4 is 5.32 Å². The molecule has 1 aliphatic heterocycles. The molecule has 0 spiro atoms. The van der Waals surface area contributed by atoms with Crippen LogP contribution in [0.4, 0.5) is 0 Å². The third-order valence-electron chi connectivity index (χ3n) is 3.48. The van der Waals surface area contributed by atoms with E-state index in [1.54, 1.807) is 12.3 Å². The van der Waals surface area contributed by atoms with Crippen molar-refractivity contribution < 1.29 is 9.53 Å². The molecule has 1 aromatic heterocycles. The van der Waals surface area contributed by atoms with E-state index in [1.807, 2.05) is 0 Å². The first-order chi connectivity index (χ1) is 9.58. The molecule has 2 rings (SSSR count). The number of hydrogen-bond acceptors (Lipinski definition) is 3. The molecule has 1 aromatic rings. The molecule has 20 heavy (non-hydrogen) atoms. The summed E-state index contributed by atoms with van der Waals surface area (Å²) < 4.78 is 5.81. The Hall–Kier alpha value is -1.13. The minimum Gasteiger partial charge on any atom is -0.376 e. The number of carbonyl (C=O) groups excluding carboxylic acids is 1. The number of amides is 1. The number of rotatable bonds is 4. The molecule has 1 fully saturated rings. The van der Waals surface area contributed by atoms with Gasteiger partial charge in [0.15, 0.2) is 0 Å². The maximum Gasteiger partial charge on any atom is 0.253 e. The molecule has 1 amide bonds. The predicted octanol–water partition coefficient (Wildman–Crippen LogP) is 3.06. The van der Waals surface area contributed by atoms with Crippen LogP contribution in [-0.4, -0.2) is 29.6 Å². The minimum absolute atomic E-state index is 0.0582. The highest BCUT2D eigenvalue weighted by molar-refractivity contribution is 6.33. The molecule has 2 atom stereocenters. The molecule has 1 aliphatic rings. The second kappa shape index (κ2) is 7.04. The highest BCUT2D eigenvalue weighted by Crippen LogP contribution is 2.21. The normalized spacial score (nSPS) is 22.8. The van der Waals surface area contributed by atoms with Gasteiger partial charge in [0.1, 0.15) is 0 Å². The van der Waals surface area contributed by atoms with Gasteiger partial charge in [-0.1, -0.05) is 25.4 Å². The summed E-state index contributed by atoms with van der Waals surface area (Å²) in [7, 11) is 0. The standard InChI is InChI=1S/C15H21ClN2O2/c1-10(2)8-14-13(4-3-7-20-14)18-15(19)11-5-6-17-9-12(11)16/h5-6,9-10,13-14H,3-4,7-8H2,1-2H3,(H,18,19)/t13-,14-/m1/s1. The maximum atomic E-state index is 12.3. The molecule has 0 radical (unpaired) electrons. The average Bonchev–Trinajstić information content (AvgIpc) is 2.41. The van der Waals surface area contributed by atoms with Crippen molar-refractivity contribution in [3.8, 4) is 0 Å². The molecular weight excluding hydrogens is 276 g/mol. The number of ether oxygens (including phenoxy) is 1. The van der Waals surface area contributed by atoms with E-state index in [0.717, 1.165) is 25.9 Å². The third-order valence-corrected chi connectivity index (χ3v) is 3.78.